The van der Waals surface area contributed by atoms with Gasteiger partial charge in [-0.3, -0.25) is 4.98 Å². The van der Waals surface area contributed by atoms with Gasteiger partial charge in [-0.1, -0.05) is 0 Å². The van der Waals surface area contributed by atoms with Gasteiger partial charge < -0.3 is 10.2 Å². The van der Waals surface area contributed by atoms with Gasteiger partial charge in [0.1, 0.15) is 5.82 Å². The summed E-state index contributed by atoms with van der Waals surface area (Å²) in [6.45, 7) is 8.12. The molecule has 0 aromatic carbocycles. The zero-order valence-corrected chi connectivity index (χ0v) is 8.75. The van der Waals surface area contributed by atoms with Gasteiger partial charge in [0.15, 0.2) is 0 Å². The van der Waals surface area contributed by atoms with Crippen molar-refractivity contribution in [3.63, 3.8) is 0 Å². The van der Waals surface area contributed by atoms with Crippen LogP contribution in [0.25, 0.3) is 0 Å². The van der Waals surface area contributed by atoms with E-state index in [1.807, 2.05) is 20.0 Å². The third kappa shape index (κ3) is 1.85. The van der Waals surface area contributed by atoms with E-state index in [0.717, 1.165) is 43.4 Å². The van der Waals surface area contributed by atoms with Crippen molar-refractivity contribution in [1.82, 2.24) is 15.3 Å². The Morgan fingerprint density at radius 3 is 2.57 bits per heavy atom. The van der Waals surface area contributed by atoms with Gasteiger partial charge in [0.05, 0.1) is 17.6 Å². The second-order valence-corrected chi connectivity index (χ2v) is 3.64. The van der Waals surface area contributed by atoms with Crippen LogP contribution in [0.15, 0.2) is 6.20 Å². The van der Waals surface area contributed by atoms with Crippen molar-refractivity contribution < 1.29 is 0 Å². The van der Waals surface area contributed by atoms with E-state index >= 15 is 0 Å². The van der Waals surface area contributed by atoms with Crippen LogP contribution in [0.5, 0.6) is 0 Å². The minimum absolute atomic E-state index is 1.01. The fourth-order valence-corrected chi connectivity index (χ4v) is 1.58. The molecular weight excluding hydrogens is 176 g/mol. The van der Waals surface area contributed by atoms with Crippen molar-refractivity contribution in [3.05, 3.63) is 17.6 Å². The highest BCUT2D eigenvalue weighted by Gasteiger charge is 2.12. The molecule has 1 fully saturated rings. The number of piperazine rings is 1. The fraction of sp³-hybridized carbons (Fsp3) is 0.600. The Morgan fingerprint density at radius 1 is 1.21 bits per heavy atom. The molecule has 1 aromatic rings. The normalized spacial score (nSPS) is 17.1. The van der Waals surface area contributed by atoms with E-state index in [4.69, 9.17) is 0 Å². The van der Waals surface area contributed by atoms with Gasteiger partial charge in [0, 0.05) is 26.2 Å². The molecule has 2 heterocycles. The number of hydrogen-bond acceptors (Lipinski definition) is 4. The summed E-state index contributed by atoms with van der Waals surface area (Å²) in [5.74, 6) is 1.01. The number of rotatable bonds is 1. The van der Waals surface area contributed by atoms with Crippen LogP contribution in [0.4, 0.5) is 5.82 Å². The highest BCUT2D eigenvalue weighted by atomic mass is 15.2. The van der Waals surface area contributed by atoms with Crippen molar-refractivity contribution in [2.75, 3.05) is 31.1 Å². The highest BCUT2D eigenvalue weighted by molar-refractivity contribution is 5.38. The summed E-state index contributed by atoms with van der Waals surface area (Å²) < 4.78 is 0. The van der Waals surface area contributed by atoms with E-state index in [2.05, 4.69) is 20.2 Å². The molecule has 4 heteroatoms. The monoisotopic (exact) mass is 192 g/mol. The Hall–Kier alpha value is -1.16. The molecule has 0 atom stereocenters. The van der Waals surface area contributed by atoms with Gasteiger partial charge in [0.25, 0.3) is 0 Å². The molecule has 1 aliphatic heterocycles. The lowest BCUT2D eigenvalue weighted by atomic mass is 10.3. The minimum atomic E-state index is 1.01. The Balaban J connectivity index is 2.18. The second-order valence-electron chi connectivity index (χ2n) is 3.64. The minimum Gasteiger partial charge on any atom is -0.353 e. The van der Waals surface area contributed by atoms with E-state index in [-0.39, 0.29) is 0 Å². The molecule has 0 aliphatic carbocycles. The lowest BCUT2D eigenvalue weighted by molar-refractivity contribution is 0.583. The molecule has 0 amide bonds. The number of aryl methyl sites for hydroxylation is 2. The van der Waals surface area contributed by atoms with Crippen LogP contribution in [0.1, 0.15) is 11.4 Å². The molecule has 0 spiro atoms. The first kappa shape index (κ1) is 9.40. The number of nitrogens with zero attached hydrogens (tertiary/aromatic N) is 3. The quantitative estimate of drug-likeness (QED) is 0.703. The molecule has 1 aromatic heterocycles. The summed E-state index contributed by atoms with van der Waals surface area (Å²) in [6, 6.07) is 0. The van der Waals surface area contributed by atoms with Gasteiger partial charge in [-0.15, -0.1) is 0 Å². The maximum atomic E-state index is 4.53. The Kier molecular flexibility index (Phi) is 2.63. The maximum absolute atomic E-state index is 4.53. The van der Waals surface area contributed by atoms with Crippen molar-refractivity contribution in [3.8, 4) is 0 Å². The summed E-state index contributed by atoms with van der Waals surface area (Å²) in [7, 11) is 0. The molecule has 1 aliphatic rings. The Bertz CT molecular complexity index is 318. The first-order chi connectivity index (χ1) is 6.77. The zero-order valence-electron chi connectivity index (χ0n) is 8.75. The lowest BCUT2D eigenvalue weighted by Gasteiger charge is -2.28. The van der Waals surface area contributed by atoms with Crippen LogP contribution >= 0.6 is 0 Å². The Morgan fingerprint density at radius 2 is 1.93 bits per heavy atom. The van der Waals surface area contributed by atoms with Crippen molar-refractivity contribution in [2.24, 2.45) is 0 Å². The molecule has 14 heavy (non-hydrogen) atoms. The first-order valence-corrected chi connectivity index (χ1v) is 5.03. The smallest absolute Gasteiger partial charge is 0.147 e. The summed E-state index contributed by atoms with van der Waals surface area (Å²) >= 11 is 0. The third-order valence-electron chi connectivity index (χ3n) is 2.62. The molecule has 76 valence electrons. The van der Waals surface area contributed by atoms with E-state index in [1.54, 1.807) is 0 Å². The molecule has 0 radical (unpaired) electrons. The third-order valence-corrected chi connectivity index (χ3v) is 2.62. The molecule has 0 saturated carbocycles. The molecular formula is C10H16N4. The molecule has 4 nitrogen and oxygen atoms in total. The largest absolute Gasteiger partial charge is 0.353 e. The van der Waals surface area contributed by atoms with E-state index < -0.39 is 0 Å². The van der Waals surface area contributed by atoms with Gasteiger partial charge in [-0.05, 0) is 13.8 Å². The van der Waals surface area contributed by atoms with Crippen molar-refractivity contribution in [2.45, 2.75) is 13.8 Å². The zero-order chi connectivity index (χ0) is 9.97. The van der Waals surface area contributed by atoms with Crippen LogP contribution in [-0.4, -0.2) is 36.1 Å². The lowest BCUT2D eigenvalue weighted by Crippen LogP contribution is -2.44. The number of nitrogens with one attached hydrogen (secondary N) is 1. The van der Waals surface area contributed by atoms with Gasteiger partial charge in [-0.2, -0.15) is 0 Å². The number of anilines is 1. The summed E-state index contributed by atoms with van der Waals surface area (Å²) in [5.41, 5.74) is 2.05. The van der Waals surface area contributed by atoms with Crippen LogP contribution in [0.3, 0.4) is 0 Å². The molecule has 0 unspecified atom stereocenters. The predicted octanol–water partition coefficient (Wildman–Crippen LogP) is 0.503. The second kappa shape index (κ2) is 3.92. The maximum Gasteiger partial charge on any atom is 0.147 e. The van der Waals surface area contributed by atoms with E-state index in [1.165, 1.54) is 0 Å². The summed E-state index contributed by atoms with van der Waals surface area (Å²) in [5, 5.41) is 3.32. The molecule has 2 rings (SSSR count). The van der Waals surface area contributed by atoms with E-state index in [0.29, 0.717) is 0 Å². The van der Waals surface area contributed by atoms with Gasteiger partial charge in [0.2, 0.25) is 0 Å². The van der Waals surface area contributed by atoms with E-state index in [9.17, 15) is 0 Å². The van der Waals surface area contributed by atoms with Crippen molar-refractivity contribution in [1.29, 1.82) is 0 Å². The predicted molar refractivity (Wildman–Crippen MR) is 56.6 cm³/mol. The van der Waals surface area contributed by atoms with Crippen LogP contribution < -0.4 is 10.2 Å². The topological polar surface area (TPSA) is 41.1 Å². The molecule has 1 saturated heterocycles. The first-order valence-electron chi connectivity index (χ1n) is 5.03. The highest BCUT2D eigenvalue weighted by Crippen LogP contribution is 2.11. The van der Waals surface area contributed by atoms with Crippen LogP contribution in [0.2, 0.25) is 0 Å². The fourth-order valence-electron chi connectivity index (χ4n) is 1.58. The Labute approximate surface area is 84.4 Å². The van der Waals surface area contributed by atoms with Crippen LogP contribution in [-0.2, 0) is 0 Å². The van der Waals surface area contributed by atoms with Gasteiger partial charge >= 0.3 is 0 Å². The standard InChI is InChI=1S/C10H16N4/c1-8-9(2)13-10(7-12-8)14-5-3-11-4-6-14/h7,11H,3-6H2,1-2H3. The molecule has 1 N–H and O–H groups in total. The van der Waals surface area contributed by atoms with Gasteiger partial charge in [-0.25, -0.2) is 4.98 Å². The van der Waals surface area contributed by atoms with Crippen molar-refractivity contribution >= 4 is 5.82 Å². The number of aromatic nitrogens is 2. The summed E-state index contributed by atoms with van der Waals surface area (Å²) in [6.07, 6.45) is 1.87. The average molecular weight is 192 g/mol. The molecule has 0 bridgehead atoms. The summed E-state index contributed by atoms with van der Waals surface area (Å²) in [4.78, 5) is 11.1. The number of hydrogen-bond donors (Lipinski definition) is 1. The SMILES string of the molecule is Cc1ncc(N2CCNCC2)nc1C. The van der Waals surface area contributed by atoms with Crippen LogP contribution in [0, 0.1) is 13.8 Å². The average Bonchev–Trinajstić information content (AvgIpc) is 2.23.